The monoisotopic (exact) mass is 475 g/mol. The second-order valence-corrected chi connectivity index (χ2v) is 10.4. The van der Waals surface area contributed by atoms with Crippen LogP contribution in [-0.2, 0) is 26.2 Å². The zero-order chi connectivity index (χ0) is 22.8. The number of halogens is 1. The van der Waals surface area contributed by atoms with Crippen LogP contribution in [-0.4, -0.2) is 83.0 Å². The lowest BCUT2D eigenvalue weighted by Crippen LogP contribution is -2.67. The number of primary amides is 1. The van der Waals surface area contributed by atoms with Crippen LogP contribution in [0.4, 0.5) is 4.79 Å². The number of aliphatic carboxylic acids is 1. The Kier molecular flexibility index (Phi) is 7.11. The van der Waals surface area contributed by atoms with Crippen molar-refractivity contribution in [2.45, 2.75) is 42.8 Å². The van der Waals surface area contributed by atoms with Gasteiger partial charge in [-0.2, -0.15) is 0 Å². The number of likely N-dealkylation sites (tertiary alicyclic amines) is 1. The number of ether oxygens (including phenoxy) is 1. The van der Waals surface area contributed by atoms with E-state index < -0.39 is 39.4 Å². The minimum atomic E-state index is -4.13. The van der Waals surface area contributed by atoms with Crippen molar-refractivity contribution in [2.24, 2.45) is 5.73 Å². The summed E-state index contributed by atoms with van der Waals surface area (Å²) in [5.74, 6) is -1.70. The lowest BCUT2D eigenvalue weighted by atomic mass is 9.92. The molecule has 1 aromatic carbocycles. The highest BCUT2D eigenvalue weighted by Gasteiger charge is 2.56. The number of carbonyl (C=O) groups excluding carboxylic acids is 1. The van der Waals surface area contributed by atoms with Gasteiger partial charge in [0.2, 0.25) is 10.0 Å². The van der Waals surface area contributed by atoms with Gasteiger partial charge >= 0.3 is 12.0 Å². The smallest absolute Gasteiger partial charge is 0.339 e. The summed E-state index contributed by atoms with van der Waals surface area (Å²) in [7, 11) is -4.13. The maximum absolute atomic E-state index is 13.2. The maximum Gasteiger partial charge on any atom is 0.339 e. The molecule has 2 amide bonds. The number of amides is 2. The molecular formula is C19H26ClN3O7S. The molecule has 31 heavy (non-hydrogen) atoms. The normalized spacial score (nSPS) is 26.0. The highest BCUT2D eigenvalue weighted by molar-refractivity contribution is 7.89. The second kappa shape index (κ2) is 9.29. The minimum absolute atomic E-state index is 0.0476. The molecule has 3 rings (SSSR count). The van der Waals surface area contributed by atoms with E-state index in [1.165, 1.54) is 4.31 Å². The average molecular weight is 476 g/mol. The number of benzene rings is 1. The van der Waals surface area contributed by atoms with E-state index in [0.717, 1.165) is 10.5 Å². The van der Waals surface area contributed by atoms with E-state index in [1.54, 1.807) is 12.1 Å². The molecule has 12 heteroatoms. The van der Waals surface area contributed by atoms with Crippen molar-refractivity contribution >= 4 is 33.6 Å². The predicted octanol–water partition coefficient (Wildman–Crippen LogP) is 0.620. The number of aliphatic hydroxyl groups is 1. The van der Waals surface area contributed by atoms with Crippen molar-refractivity contribution in [2.75, 3.05) is 26.2 Å². The summed E-state index contributed by atoms with van der Waals surface area (Å²) < 4.78 is 33.4. The number of piperidine rings is 2. The fourth-order valence-corrected chi connectivity index (χ4v) is 6.41. The lowest BCUT2D eigenvalue weighted by Gasteiger charge is -2.43. The van der Waals surface area contributed by atoms with E-state index in [0.29, 0.717) is 24.5 Å². The van der Waals surface area contributed by atoms with E-state index in [2.05, 4.69) is 0 Å². The number of carbonyl (C=O) groups is 2. The van der Waals surface area contributed by atoms with Crippen LogP contribution in [0.5, 0.6) is 0 Å². The van der Waals surface area contributed by atoms with E-state index >= 15 is 0 Å². The molecule has 0 radical (unpaired) electrons. The Morgan fingerprint density at radius 2 is 1.90 bits per heavy atom. The third-order valence-electron chi connectivity index (χ3n) is 5.80. The van der Waals surface area contributed by atoms with Gasteiger partial charge in [-0.15, -0.1) is 0 Å². The Morgan fingerprint density at radius 3 is 2.48 bits per heavy atom. The number of nitrogens with zero attached hydrogens (tertiary/aromatic N) is 2. The first-order valence-electron chi connectivity index (χ1n) is 9.89. The van der Waals surface area contributed by atoms with Crippen molar-refractivity contribution in [3.63, 3.8) is 0 Å². The molecule has 2 unspecified atom stereocenters. The molecule has 2 aliphatic rings. The number of urea groups is 1. The largest absolute Gasteiger partial charge is 0.479 e. The number of hydrogen-bond acceptors (Lipinski definition) is 6. The summed E-state index contributed by atoms with van der Waals surface area (Å²) in [5.41, 5.74) is 3.46. The minimum Gasteiger partial charge on any atom is -0.479 e. The lowest BCUT2D eigenvalue weighted by molar-refractivity contribution is -0.162. The highest BCUT2D eigenvalue weighted by atomic mass is 35.5. The molecule has 0 bridgehead atoms. The summed E-state index contributed by atoms with van der Waals surface area (Å²) >= 11 is 5.96. The number of sulfonamides is 1. The molecule has 2 aliphatic heterocycles. The molecule has 0 aliphatic carbocycles. The van der Waals surface area contributed by atoms with Crippen molar-refractivity contribution in [3.05, 3.63) is 34.9 Å². The zero-order valence-electron chi connectivity index (χ0n) is 16.8. The standard InChI is InChI=1S/C19H26ClN3O7S/c20-14-3-1-2-13(10-14)11-30-15-4-8-23(9-5-15)31(28,29)16-6-7-22(18(21)26)12-19(16,27)17(24)25/h1-3,10,15-16,27H,4-9,11-12H2,(H2,21,26)(H,24,25). The average Bonchev–Trinajstić information content (AvgIpc) is 2.72. The summed E-state index contributed by atoms with van der Waals surface area (Å²) in [6.07, 6.45) is 0.497. The van der Waals surface area contributed by atoms with Gasteiger partial charge in [0.05, 0.1) is 19.3 Å². The van der Waals surface area contributed by atoms with Crippen molar-refractivity contribution in [1.29, 1.82) is 0 Å². The van der Waals surface area contributed by atoms with Crippen LogP contribution in [0.2, 0.25) is 5.02 Å². The van der Waals surface area contributed by atoms with Gasteiger partial charge in [0.1, 0.15) is 5.25 Å². The Hall–Kier alpha value is -1.92. The van der Waals surface area contributed by atoms with Gasteiger partial charge in [-0.1, -0.05) is 23.7 Å². The number of hydrogen-bond donors (Lipinski definition) is 3. The third-order valence-corrected chi connectivity index (χ3v) is 8.47. The van der Waals surface area contributed by atoms with Crippen LogP contribution in [0.1, 0.15) is 24.8 Å². The number of nitrogens with two attached hydrogens (primary N) is 1. The summed E-state index contributed by atoms with van der Waals surface area (Å²) in [6, 6.07) is 6.36. The van der Waals surface area contributed by atoms with Gasteiger partial charge in [-0.05, 0) is 37.0 Å². The molecule has 0 saturated carbocycles. The Balaban J connectivity index is 1.63. The van der Waals surface area contributed by atoms with Crippen molar-refractivity contribution < 1.29 is 33.0 Å². The van der Waals surface area contributed by atoms with Gasteiger partial charge in [0, 0.05) is 24.7 Å². The van der Waals surface area contributed by atoms with Crippen LogP contribution >= 0.6 is 11.6 Å². The van der Waals surface area contributed by atoms with Crippen molar-refractivity contribution in [3.8, 4) is 0 Å². The summed E-state index contributed by atoms with van der Waals surface area (Å²) in [6.45, 7) is -0.0836. The van der Waals surface area contributed by atoms with Crippen LogP contribution in [0.25, 0.3) is 0 Å². The Morgan fingerprint density at radius 1 is 1.23 bits per heavy atom. The van der Waals surface area contributed by atoms with Gasteiger partial charge in [-0.3, -0.25) is 0 Å². The number of rotatable bonds is 6. The molecule has 1 aromatic rings. The zero-order valence-corrected chi connectivity index (χ0v) is 18.4. The maximum atomic E-state index is 13.2. The third kappa shape index (κ3) is 5.12. The van der Waals surface area contributed by atoms with Crippen LogP contribution in [0.3, 0.4) is 0 Å². The molecule has 10 nitrogen and oxygen atoms in total. The fourth-order valence-electron chi connectivity index (χ4n) is 4.05. The van der Waals surface area contributed by atoms with E-state index in [4.69, 9.17) is 22.1 Å². The first-order chi connectivity index (χ1) is 14.5. The summed E-state index contributed by atoms with van der Waals surface area (Å²) in [5, 5.41) is 19.3. The van der Waals surface area contributed by atoms with Crippen LogP contribution in [0.15, 0.2) is 24.3 Å². The topological polar surface area (TPSA) is 150 Å². The van der Waals surface area contributed by atoms with Gasteiger partial charge in [-0.25, -0.2) is 22.3 Å². The molecule has 2 atom stereocenters. The van der Waals surface area contributed by atoms with E-state index in [1.807, 2.05) is 12.1 Å². The SMILES string of the molecule is NC(=O)N1CCC(S(=O)(=O)N2CCC(OCc3cccc(Cl)c3)CC2)C(O)(C(=O)O)C1. The predicted molar refractivity (Wildman–Crippen MR) is 112 cm³/mol. The number of carboxylic acids is 1. The van der Waals surface area contributed by atoms with E-state index in [9.17, 15) is 28.2 Å². The van der Waals surface area contributed by atoms with Gasteiger partial charge in [0.15, 0.2) is 5.60 Å². The molecule has 2 saturated heterocycles. The van der Waals surface area contributed by atoms with Crippen molar-refractivity contribution in [1.82, 2.24) is 9.21 Å². The molecule has 0 spiro atoms. The first-order valence-corrected chi connectivity index (χ1v) is 11.8. The Bertz CT molecular complexity index is 936. The molecule has 2 fully saturated rings. The Labute approximate surface area is 185 Å². The van der Waals surface area contributed by atoms with Crippen LogP contribution in [0, 0.1) is 0 Å². The number of β-amino-alcohol motifs (C(OH)–C–C–N with tert-alkyl or cyclic N) is 1. The van der Waals surface area contributed by atoms with Gasteiger partial charge in [0.25, 0.3) is 0 Å². The molecule has 4 N–H and O–H groups in total. The number of carboxylic acid groups (broad SMARTS) is 1. The molecular weight excluding hydrogens is 450 g/mol. The highest BCUT2D eigenvalue weighted by Crippen LogP contribution is 2.32. The van der Waals surface area contributed by atoms with Gasteiger partial charge < -0.3 is 25.6 Å². The van der Waals surface area contributed by atoms with E-state index in [-0.39, 0.29) is 32.2 Å². The van der Waals surface area contributed by atoms with Crippen LogP contribution < -0.4 is 5.73 Å². The molecule has 2 heterocycles. The first kappa shape index (κ1) is 23.7. The fraction of sp³-hybridized carbons (Fsp3) is 0.579. The molecule has 172 valence electrons. The molecule has 0 aromatic heterocycles. The summed E-state index contributed by atoms with van der Waals surface area (Å²) in [4.78, 5) is 24.1. The quantitative estimate of drug-likeness (QED) is 0.545. The second-order valence-electron chi connectivity index (χ2n) is 7.85.